The third kappa shape index (κ3) is 7.18. The molecule has 0 aliphatic rings. The van der Waals surface area contributed by atoms with Crippen LogP contribution >= 0.6 is 0 Å². The molecular formula is C29H28O3. The number of carboxylic acid groups (broad SMARTS) is 1. The molecule has 162 valence electrons. The van der Waals surface area contributed by atoms with Crippen LogP contribution in [0.15, 0.2) is 96.6 Å². The van der Waals surface area contributed by atoms with Gasteiger partial charge in [0.05, 0.1) is 0 Å². The third-order valence-electron chi connectivity index (χ3n) is 5.06. The summed E-state index contributed by atoms with van der Waals surface area (Å²) >= 11 is 0. The van der Waals surface area contributed by atoms with Gasteiger partial charge in [0, 0.05) is 5.56 Å². The summed E-state index contributed by atoms with van der Waals surface area (Å²) in [6.45, 7) is 3.05. The summed E-state index contributed by atoms with van der Waals surface area (Å²) in [5, 5.41) is 9.21. The van der Waals surface area contributed by atoms with Gasteiger partial charge in [-0.25, -0.2) is 4.79 Å². The average Bonchev–Trinajstić information content (AvgIpc) is 2.80. The monoisotopic (exact) mass is 424 g/mol. The fourth-order valence-corrected chi connectivity index (χ4v) is 3.09. The lowest BCUT2D eigenvalue weighted by molar-refractivity contribution is -0.152. The van der Waals surface area contributed by atoms with Crippen molar-refractivity contribution in [1.29, 1.82) is 0 Å². The topological polar surface area (TPSA) is 46.5 Å². The highest BCUT2D eigenvalue weighted by atomic mass is 16.5. The van der Waals surface area contributed by atoms with Gasteiger partial charge >= 0.3 is 5.97 Å². The highest BCUT2D eigenvalue weighted by Gasteiger charge is 2.29. The van der Waals surface area contributed by atoms with Crippen molar-refractivity contribution in [3.63, 3.8) is 0 Å². The van der Waals surface area contributed by atoms with Crippen molar-refractivity contribution in [1.82, 2.24) is 0 Å². The van der Waals surface area contributed by atoms with Crippen LogP contribution in [0.4, 0.5) is 0 Å². The molecule has 0 bridgehead atoms. The second-order valence-electron chi connectivity index (χ2n) is 8.10. The zero-order valence-corrected chi connectivity index (χ0v) is 18.5. The van der Waals surface area contributed by atoms with Crippen molar-refractivity contribution in [2.45, 2.75) is 38.7 Å². The van der Waals surface area contributed by atoms with Gasteiger partial charge in [-0.3, -0.25) is 0 Å². The van der Waals surface area contributed by atoms with Crippen LogP contribution in [-0.2, 0) is 17.6 Å². The molecule has 3 rings (SSSR count). The van der Waals surface area contributed by atoms with Crippen molar-refractivity contribution >= 4 is 5.97 Å². The lowest BCUT2D eigenvalue weighted by atomic mass is 10.0. The van der Waals surface area contributed by atoms with Crippen LogP contribution in [0, 0.1) is 11.8 Å². The molecule has 0 spiro atoms. The first-order valence-corrected chi connectivity index (χ1v) is 10.7. The molecule has 0 radical (unpaired) electrons. The minimum absolute atomic E-state index is 0.506. The van der Waals surface area contributed by atoms with Gasteiger partial charge in [-0.2, -0.15) is 0 Å². The Labute approximate surface area is 190 Å². The number of ether oxygens (including phenoxy) is 1. The van der Waals surface area contributed by atoms with E-state index in [0.29, 0.717) is 5.75 Å². The summed E-state index contributed by atoms with van der Waals surface area (Å²) in [7, 11) is 0. The number of benzene rings is 3. The molecule has 0 atom stereocenters. The van der Waals surface area contributed by atoms with E-state index in [1.54, 1.807) is 12.1 Å². The molecule has 3 heteroatoms. The van der Waals surface area contributed by atoms with Crippen LogP contribution in [-0.4, -0.2) is 16.7 Å². The van der Waals surface area contributed by atoms with Gasteiger partial charge < -0.3 is 9.84 Å². The first-order valence-electron chi connectivity index (χ1n) is 10.7. The first-order chi connectivity index (χ1) is 15.4. The number of rotatable bonds is 8. The molecule has 0 aliphatic carbocycles. The van der Waals surface area contributed by atoms with E-state index >= 15 is 0 Å². The molecule has 0 aliphatic heterocycles. The van der Waals surface area contributed by atoms with Crippen molar-refractivity contribution in [3.8, 4) is 17.6 Å². The normalized spacial score (nSPS) is 11.4. The molecule has 0 saturated heterocycles. The molecular weight excluding hydrogens is 396 g/mol. The number of hydrogen-bond donors (Lipinski definition) is 1. The van der Waals surface area contributed by atoms with Gasteiger partial charge in [0.2, 0.25) is 0 Å². The maximum atomic E-state index is 11.2. The summed E-state index contributed by atoms with van der Waals surface area (Å²) in [4.78, 5) is 11.2. The Bertz CT molecular complexity index is 1100. The molecule has 0 amide bonds. The van der Waals surface area contributed by atoms with E-state index in [1.165, 1.54) is 25.0 Å². The standard InChI is InChI=1S/C29H28O3/c1-29(2,28(30)31)32-27-21-19-26(20-22-27)18-17-25(15-13-23-9-5-3-6-10-23)16-14-24-11-7-4-8-12-24/h3-12,15,19-22H,13-14,16H2,1-2H3,(H,30,31)/b25-15-. The van der Waals surface area contributed by atoms with Crippen molar-refractivity contribution < 1.29 is 14.6 Å². The molecule has 3 nitrogen and oxygen atoms in total. The largest absolute Gasteiger partial charge is 0.478 e. The fourth-order valence-electron chi connectivity index (χ4n) is 3.09. The Balaban J connectivity index is 1.73. The minimum atomic E-state index is -1.28. The number of aryl methyl sites for hydroxylation is 1. The predicted octanol–water partition coefficient (Wildman–Crippen LogP) is 6.08. The number of carboxylic acids is 1. The molecule has 1 N–H and O–H groups in total. The van der Waals surface area contributed by atoms with E-state index in [4.69, 9.17) is 4.74 Å². The second kappa shape index (κ2) is 11.0. The average molecular weight is 425 g/mol. The smallest absolute Gasteiger partial charge is 0.347 e. The van der Waals surface area contributed by atoms with E-state index in [-0.39, 0.29) is 0 Å². The van der Waals surface area contributed by atoms with E-state index < -0.39 is 11.6 Å². The minimum Gasteiger partial charge on any atom is -0.478 e. The van der Waals surface area contributed by atoms with Gasteiger partial charge in [-0.05, 0) is 74.1 Å². The molecule has 0 saturated carbocycles. The van der Waals surface area contributed by atoms with E-state index in [1.807, 2.05) is 36.4 Å². The molecule has 0 heterocycles. The van der Waals surface area contributed by atoms with Crippen molar-refractivity contribution in [2.24, 2.45) is 0 Å². The van der Waals surface area contributed by atoms with Gasteiger partial charge in [0.25, 0.3) is 0 Å². The lowest BCUT2D eigenvalue weighted by Gasteiger charge is -2.21. The molecule has 3 aromatic rings. The summed E-state index contributed by atoms with van der Waals surface area (Å²) < 4.78 is 5.56. The number of allylic oxidation sites excluding steroid dienone is 2. The van der Waals surface area contributed by atoms with Gasteiger partial charge in [-0.15, -0.1) is 0 Å². The zero-order valence-electron chi connectivity index (χ0n) is 18.5. The molecule has 3 aromatic carbocycles. The maximum absolute atomic E-state index is 11.2. The van der Waals surface area contributed by atoms with Crippen LogP contribution in [0.3, 0.4) is 0 Å². The lowest BCUT2D eigenvalue weighted by Crippen LogP contribution is -2.37. The quantitative estimate of drug-likeness (QED) is 0.446. The highest BCUT2D eigenvalue weighted by Crippen LogP contribution is 2.19. The number of carbonyl (C=O) groups is 1. The molecule has 0 unspecified atom stereocenters. The number of aliphatic carboxylic acids is 1. The van der Waals surface area contributed by atoms with Gasteiger partial charge in [0.1, 0.15) is 5.75 Å². The Morgan fingerprint density at radius 2 is 1.50 bits per heavy atom. The summed E-state index contributed by atoms with van der Waals surface area (Å²) in [5.41, 5.74) is 3.23. The molecule has 32 heavy (non-hydrogen) atoms. The Hall–Kier alpha value is -3.77. The SMILES string of the molecule is CC(C)(Oc1ccc(C#C/C(=C\Cc2ccccc2)CCc2ccccc2)cc1)C(=O)O. The van der Waals surface area contributed by atoms with E-state index in [9.17, 15) is 9.90 Å². The summed E-state index contributed by atoms with van der Waals surface area (Å²) in [6.07, 6.45) is 4.86. The number of hydrogen-bond acceptors (Lipinski definition) is 2. The van der Waals surface area contributed by atoms with Crippen molar-refractivity contribution in [3.05, 3.63) is 113 Å². The molecule has 0 aromatic heterocycles. The third-order valence-corrected chi connectivity index (χ3v) is 5.06. The van der Waals surface area contributed by atoms with Gasteiger partial charge in [-0.1, -0.05) is 78.6 Å². The fraction of sp³-hybridized carbons (Fsp3) is 0.207. The van der Waals surface area contributed by atoms with Crippen LogP contribution < -0.4 is 4.74 Å². The van der Waals surface area contributed by atoms with Crippen LogP contribution in [0.5, 0.6) is 5.75 Å². The second-order valence-corrected chi connectivity index (χ2v) is 8.10. The van der Waals surface area contributed by atoms with Crippen LogP contribution in [0.2, 0.25) is 0 Å². The summed E-state index contributed by atoms with van der Waals surface area (Å²) in [6, 6.07) is 28.0. The Kier molecular flexibility index (Phi) is 7.89. The Morgan fingerprint density at radius 1 is 0.906 bits per heavy atom. The zero-order chi connectivity index (χ0) is 22.8. The van der Waals surface area contributed by atoms with Gasteiger partial charge in [0.15, 0.2) is 5.60 Å². The van der Waals surface area contributed by atoms with E-state index in [0.717, 1.165) is 30.4 Å². The predicted molar refractivity (Wildman–Crippen MR) is 129 cm³/mol. The first kappa shape index (κ1) is 22.9. The Morgan fingerprint density at radius 3 is 2.09 bits per heavy atom. The van der Waals surface area contributed by atoms with Crippen molar-refractivity contribution in [2.75, 3.05) is 0 Å². The van der Waals surface area contributed by atoms with Crippen LogP contribution in [0.25, 0.3) is 0 Å². The molecule has 0 fully saturated rings. The maximum Gasteiger partial charge on any atom is 0.347 e. The summed E-state index contributed by atoms with van der Waals surface area (Å²) in [5.74, 6) is 6.08. The highest BCUT2D eigenvalue weighted by molar-refractivity contribution is 5.76. The van der Waals surface area contributed by atoms with E-state index in [2.05, 4.69) is 54.3 Å². The van der Waals surface area contributed by atoms with Crippen LogP contribution in [0.1, 0.15) is 37.0 Å².